The molecule has 1 N–H and O–H groups in total. The van der Waals surface area contributed by atoms with E-state index in [4.69, 9.17) is 0 Å². The molecule has 2 aromatic rings. The van der Waals surface area contributed by atoms with E-state index in [1.165, 1.54) is 0 Å². The number of pyridine rings is 1. The number of rotatable bonds is 4. The molecule has 4 nitrogen and oxygen atoms in total. The summed E-state index contributed by atoms with van der Waals surface area (Å²) in [5.74, 6) is -0.164. The standard InChI is InChI=1S/C15H15N3O/c1-12(13-7-3-2-4-8-13)11-17-18-15(19)14-9-5-6-10-16-14/h2-12H,1H3,(H,18,19)/b17-11+/t12-/m1/s1. The highest BCUT2D eigenvalue weighted by Crippen LogP contribution is 2.11. The molecule has 1 aromatic carbocycles. The zero-order valence-electron chi connectivity index (χ0n) is 10.7. The fraction of sp³-hybridized carbons (Fsp3) is 0.133. The Bertz CT molecular complexity index is 552. The van der Waals surface area contributed by atoms with Crippen LogP contribution in [0.5, 0.6) is 0 Å². The number of carbonyl (C=O) groups is 1. The molecule has 0 aliphatic rings. The van der Waals surface area contributed by atoms with Gasteiger partial charge in [-0.05, 0) is 17.7 Å². The molecule has 0 radical (unpaired) electrons. The van der Waals surface area contributed by atoms with Gasteiger partial charge in [-0.2, -0.15) is 5.10 Å². The second kappa shape index (κ2) is 6.44. The second-order valence-electron chi connectivity index (χ2n) is 4.13. The number of hydrogen-bond acceptors (Lipinski definition) is 3. The molecule has 19 heavy (non-hydrogen) atoms. The Kier molecular flexibility index (Phi) is 4.39. The van der Waals surface area contributed by atoms with E-state index in [9.17, 15) is 4.79 Å². The van der Waals surface area contributed by atoms with Crippen LogP contribution >= 0.6 is 0 Å². The van der Waals surface area contributed by atoms with Crippen molar-refractivity contribution >= 4 is 12.1 Å². The molecular weight excluding hydrogens is 238 g/mol. The summed E-state index contributed by atoms with van der Waals surface area (Å²) in [6.45, 7) is 2.02. The molecule has 0 saturated carbocycles. The molecule has 0 unspecified atom stereocenters. The molecular formula is C15H15N3O. The number of aromatic nitrogens is 1. The maximum atomic E-state index is 11.7. The van der Waals surface area contributed by atoms with Crippen LogP contribution in [-0.2, 0) is 0 Å². The largest absolute Gasteiger partial charge is 0.289 e. The average molecular weight is 253 g/mol. The predicted molar refractivity (Wildman–Crippen MR) is 75.1 cm³/mol. The van der Waals surface area contributed by atoms with Gasteiger partial charge in [-0.25, -0.2) is 5.43 Å². The summed E-state index contributed by atoms with van der Waals surface area (Å²) in [4.78, 5) is 15.6. The summed E-state index contributed by atoms with van der Waals surface area (Å²) in [6, 6.07) is 15.1. The van der Waals surface area contributed by atoms with E-state index in [0.717, 1.165) is 5.56 Å². The Morgan fingerprint density at radius 2 is 1.95 bits per heavy atom. The first-order valence-corrected chi connectivity index (χ1v) is 6.07. The smallest absolute Gasteiger partial charge is 0.266 e. The van der Waals surface area contributed by atoms with Crippen LogP contribution in [0.2, 0.25) is 0 Å². The van der Waals surface area contributed by atoms with E-state index in [1.54, 1.807) is 30.6 Å². The molecule has 1 aromatic heterocycles. The molecule has 1 amide bonds. The van der Waals surface area contributed by atoms with Crippen molar-refractivity contribution in [1.29, 1.82) is 0 Å². The maximum Gasteiger partial charge on any atom is 0.289 e. The summed E-state index contributed by atoms with van der Waals surface area (Å²) in [6.07, 6.45) is 3.28. The van der Waals surface area contributed by atoms with E-state index in [1.807, 2.05) is 37.3 Å². The molecule has 0 bridgehead atoms. The highest BCUT2D eigenvalue weighted by atomic mass is 16.2. The van der Waals surface area contributed by atoms with Crippen molar-refractivity contribution < 1.29 is 4.79 Å². The third-order valence-electron chi connectivity index (χ3n) is 2.69. The molecule has 2 rings (SSSR count). The minimum Gasteiger partial charge on any atom is -0.266 e. The van der Waals surface area contributed by atoms with E-state index in [2.05, 4.69) is 15.5 Å². The van der Waals surface area contributed by atoms with Gasteiger partial charge in [0.25, 0.3) is 5.91 Å². The van der Waals surface area contributed by atoms with Gasteiger partial charge in [0.15, 0.2) is 0 Å². The Balaban J connectivity index is 1.92. The van der Waals surface area contributed by atoms with Crippen LogP contribution in [0.3, 0.4) is 0 Å². The van der Waals surface area contributed by atoms with Crippen molar-refractivity contribution in [2.24, 2.45) is 5.10 Å². The van der Waals surface area contributed by atoms with Crippen LogP contribution < -0.4 is 5.43 Å². The summed E-state index contributed by atoms with van der Waals surface area (Å²) < 4.78 is 0. The van der Waals surface area contributed by atoms with Gasteiger partial charge in [0.1, 0.15) is 5.69 Å². The lowest BCUT2D eigenvalue weighted by atomic mass is 10.0. The van der Waals surface area contributed by atoms with Gasteiger partial charge >= 0.3 is 0 Å². The molecule has 1 atom stereocenters. The molecule has 4 heteroatoms. The van der Waals surface area contributed by atoms with Crippen molar-refractivity contribution in [3.63, 3.8) is 0 Å². The third kappa shape index (κ3) is 3.74. The van der Waals surface area contributed by atoms with Crippen molar-refractivity contribution in [3.05, 3.63) is 66.0 Å². The predicted octanol–water partition coefficient (Wildman–Crippen LogP) is 2.60. The number of hydrogen-bond donors (Lipinski definition) is 1. The van der Waals surface area contributed by atoms with Gasteiger partial charge < -0.3 is 0 Å². The fourth-order valence-corrected chi connectivity index (χ4v) is 1.60. The SMILES string of the molecule is C[C@H](/C=N/NC(=O)c1ccccn1)c1ccccc1. The van der Waals surface area contributed by atoms with Crippen LogP contribution in [0, 0.1) is 0 Å². The lowest BCUT2D eigenvalue weighted by Crippen LogP contribution is -2.19. The molecule has 96 valence electrons. The minimum atomic E-state index is -0.308. The number of nitrogens with one attached hydrogen (secondary N) is 1. The minimum absolute atomic E-state index is 0.144. The van der Waals surface area contributed by atoms with Gasteiger partial charge in [-0.3, -0.25) is 9.78 Å². The Labute approximate surface area is 112 Å². The normalized spacial score (nSPS) is 12.3. The maximum absolute atomic E-state index is 11.7. The van der Waals surface area contributed by atoms with Gasteiger partial charge in [0, 0.05) is 18.3 Å². The highest BCUT2D eigenvalue weighted by Gasteiger charge is 2.04. The number of amides is 1. The highest BCUT2D eigenvalue weighted by molar-refractivity contribution is 5.92. The summed E-state index contributed by atoms with van der Waals surface area (Å²) in [5.41, 5.74) is 3.97. The fourth-order valence-electron chi connectivity index (χ4n) is 1.60. The zero-order valence-corrected chi connectivity index (χ0v) is 10.7. The van der Waals surface area contributed by atoms with Crippen LogP contribution in [0.15, 0.2) is 59.8 Å². The summed E-state index contributed by atoms with van der Waals surface area (Å²) in [5, 5.41) is 3.96. The Hall–Kier alpha value is -2.49. The van der Waals surface area contributed by atoms with Crippen LogP contribution in [0.1, 0.15) is 28.9 Å². The summed E-state index contributed by atoms with van der Waals surface area (Å²) in [7, 11) is 0. The monoisotopic (exact) mass is 253 g/mol. The van der Waals surface area contributed by atoms with Gasteiger partial charge in [-0.1, -0.05) is 43.3 Å². The molecule has 0 spiro atoms. The number of nitrogens with zero attached hydrogens (tertiary/aromatic N) is 2. The van der Waals surface area contributed by atoms with Crippen molar-refractivity contribution in [2.45, 2.75) is 12.8 Å². The number of carbonyl (C=O) groups excluding carboxylic acids is 1. The first-order valence-electron chi connectivity index (χ1n) is 6.07. The molecule has 0 saturated heterocycles. The second-order valence-corrected chi connectivity index (χ2v) is 4.13. The summed E-state index contributed by atoms with van der Waals surface area (Å²) >= 11 is 0. The molecule has 0 fully saturated rings. The van der Waals surface area contributed by atoms with Crippen LogP contribution in [0.4, 0.5) is 0 Å². The number of hydrazone groups is 1. The van der Waals surface area contributed by atoms with E-state index in [-0.39, 0.29) is 11.8 Å². The molecule has 0 aliphatic carbocycles. The van der Waals surface area contributed by atoms with Gasteiger partial charge in [0.2, 0.25) is 0 Å². The lowest BCUT2D eigenvalue weighted by molar-refractivity contribution is 0.0950. The molecule has 1 heterocycles. The topological polar surface area (TPSA) is 54.4 Å². The Morgan fingerprint density at radius 3 is 2.63 bits per heavy atom. The van der Waals surface area contributed by atoms with Crippen molar-refractivity contribution in [1.82, 2.24) is 10.4 Å². The quantitative estimate of drug-likeness (QED) is 0.672. The van der Waals surface area contributed by atoms with Gasteiger partial charge in [0.05, 0.1) is 0 Å². The van der Waals surface area contributed by atoms with Gasteiger partial charge in [-0.15, -0.1) is 0 Å². The zero-order chi connectivity index (χ0) is 13.5. The van der Waals surface area contributed by atoms with E-state index < -0.39 is 0 Å². The first kappa shape index (κ1) is 13.0. The molecule has 0 aliphatic heterocycles. The average Bonchev–Trinajstić information content (AvgIpc) is 2.49. The first-order chi connectivity index (χ1) is 9.27. The van der Waals surface area contributed by atoms with E-state index in [0.29, 0.717) is 5.69 Å². The van der Waals surface area contributed by atoms with Crippen molar-refractivity contribution in [3.8, 4) is 0 Å². The Morgan fingerprint density at radius 1 is 1.21 bits per heavy atom. The lowest BCUT2D eigenvalue weighted by Gasteiger charge is -2.05. The third-order valence-corrected chi connectivity index (χ3v) is 2.69. The van der Waals surface area contributed by atoms with Crippen LogP contribution in [0.25, 0.3) is 0 Å². The van der Waals surface area contributed by atoms with Crippen molar-refractivity contribution in [2.75, 3.05) is 0 Å². The van der Waals surface area contributed by atoms with E-state index >= 15 is 0 Å². The number of benzene rings is 1. The van der Waals surface area contributed by atoms with Crippen LogP contribution in [-0.4, -0.2) is 17.1 Å².